The number of rotatable bonds is 4. The second kappa shape index (κ2) is 5.72. The van der Waals surface area contributed by atoms with E-state index >= 15 is 0 Å². The normalized spacial score (nSPS) is 19.1. The zero-order valence-electron chi connectivity index (χ0n) is 11.5. The molecule has 1 amide bonds. The van der Waals surface area contributed by atoms with E-state index in [0.29, 0.717) is 5.69 Å². The number of nitrogens with zero attached hydrogens (tertiary/aromatic N) is 1. The number of hydrogen-bond donors (Lipinski definition) is 0. The molecule has 0 aliphatic carbocycles. The molecule has 116 valence electrons. The molecule has 21 heavy (non-hydrogen) atoms. The minimum atomic E-state index is -4.63. The second-order valence-electron chi connectivity index (χ2n) is 4.84. The van der Waals surface area contributed by atoms with E-state index in [4.69, 9.17) is 0 Å². The van der Waals surface area contributed by atoms with Crippen LogP contribution < -0.4 is 4.90 Å². The third-order valence-corrected chi connectivity index (χ3v) is 5.03. The summed E-state index contributed by atoms with van der Waals surface area (Å²) in [5, 5.41) is 0. The summed E-state index contributed by atoms with van der Waals surface area (Å²) in [5.41, 5.74) is 0.396. The quantitative estimate of drug-likeness (QED) is 0.615. The highest BCUT2D eigenvalue weighted by Crippen LogP contribution is 2.34. The van der Waals surface area contributed by atoms with Crippen molar-refractivity contribution in [2.45, 2.75) is 13.3 Å². The van der Waals surface area contributed by atoms with Gasteiger partial charge in [0.05, 0.1) is 18.6 Å². The van der Waals surface area contributed by atoms with Crippen LogP contribution in [0.15, 0.2) is 6.07 Å². The number of amides is 1. The highest BCUT2D eigenvalue weighted by molar-refractivity contribution is 7.86. The molecule has 0 saturated carbocycles. The summed E-state index contributed by atoms with van der Waals surface area (Å²) in [6.07, 6.45) is -0.0569. The molecule has 0 N–H and O–H groups in total. The smallest absolute Gasteiger partial charge is 0.350 e. The second-order valence-corrected chi connectivity index (χ2v) is 7.51. The van der Waals surface area contributed by atoms with Gasteiger partial charge >= 0.3 is 16.2 Å². The molecule has 0 aromatic carbocycles. The molecule has 6 nitrogen and oxygen atoms in total. The number of anilines is 1. The fourth-order valence-corrected chi connectivity index (χ4v) is 4.07. The fourth-order valence-electron chi connectivity index (χ4n) is 2.35. The van der Waals surface area contributed by atoms with Crippen molar-refractivity contribution in [3.05, 3.63) is 15.8 Å². The van der Waals surface area contributed by atoms with Crippen molar-refractivity contribution in [1.82, 2.24) is 0 Å². The minimum absolute atomic E-state index is 0.0569. The van der Waals surface area contributed by atoms with Gasteiger partial charge in [0.2, 0.25) is 5.91 Å². The maximum Gasteiger partial charge on any atom is 0.350 e. The van der Waals surface area contributed by atoms with Gasteiger partial charge in [-0.15, -0.1) is 15.2 Å². The Morgan fingerprint density at radius 2 is 2.24 bits per heavy atom. The molecule has 2 heterocycles. The molecule has 9 heteroatoms. The van der Waals surface area contributed by atoms with Crippen LogP contribution in [-0.2, 0) is 19.8 Å². The molecule has 1 saturated heterocycles. The lowest BCUT2D eigenvalue weighted by Crippen LogP contribution is -2.26. The highest BCUT2D eigenvalue weighted by atomic mass is 32.3. The molecule has 1 aliphatic rings. The van der Waals surface area contributed by atoms with Crippen molar-refractivity contribution in [1.29, 1.82) is 0 Å². The zero-order valence-corrected chi connectivity index (χ0v) is 13.1. The summed E-state index contributed by atoms with van der Waals surface area (Å²) in [4.78, 5) is 26.1. The van der Waals surface area contributed by atoms with Crippen molar-refractivity contribution in [2.75, 3.05) is 24.3 Å². The standard InChI is InChI=1S/C12H14FNO5S2/c1-7-3-9(11(20-7)12(16)19-2)14-5-8(4-10(14)15)6-21(13,17)18/h3,8H,4-6H2,1-2H3. The largest absolute Gasteiger partial charge is 0.465 e. The lowest BCUT2D eigenvalue weighted by atomic mass is 10.1. The van der Waals surface area contributed by atoms with Gasteiger partial charge in [-0.25, -0.2) is 4.79 Å². The third-order valence-electron chi connectivity index (χ3n) is 3.14. The number of hydrogen-bond acceptors (Lipinski definition) is 6. The van der Waals surface area contributed by atoms with Gasteiger partial charge in [-0.2, -0.15) is 8.42 Å². The molecule has 1 aromatic rings. The first-order chi connectivity index (χ1) is 9.71. The molecule has 2 rings (SSSR count). The van der Waals surface area contributed by atoms with E-state index in [1.807, 2.05) is 0 Å². The average molecular weight is 335 g/mol. The summed E-state index contributed by atoms with van der Waals surface area (Å²) in [6.45, 7) is 1.85. The van der Waals surface area contributed by atoms with E-state index in [0.717, 1.165) is 4.88 Å². The van der Waals surface area contributed by atoms with Gasteiger partial charge in [0.25, 0.3) is 0 Å². The number of aryl methyl sites for hydroxylation is 1. The number of carbonyl (C=O) groups is 2. The predicted octanol–water partition coefficient (Wildman–Crippen LogP) is 1.50. The third kappa shape index (κ3) is 3.59. The fraction of sp³-hybridized carbons (Fsp3) is 0.500. The van der Waals surface area contributed by atoms with Crippen LogP contribution in [0.2, 0.25) is 0 Å². The van der Waals surface area contributed by atoms with E-state index in [1.165, 1.54) is 23.3 Å². The Balaban J connectivity index is 2.27. The van der Waals surface area contributed by atoms with Gasteiger partial charge in [0, 0.05) is 23.8 Å². The van der Waals surface area contributed by atoms with Crippen LogP contribution in [0.1, 0.15) is 21.0 Å². The average Bonchev–Trinajstić information content (AvgIpc) is 2.89. The molecule has 1 atom stereocenters. The summed E-state index contributed by atoms with van der Waals surface area (Å²) >= 11 is 1.19. The molecular formula is C12H14FNO5S2. The van der Waals surface area contributed by atoms with Gasteiger partial charge in [-0.05, 0) is 13.0 Å². The lowest BCUT2D eigenvalue weighted by Gasteiger charge is -2.16. The van der Waals surface area contributed by atoms with E-state index in [1.54, 1.807) is 13.0 Å². The van der Waals surface area contributed by atoms with E-state index in [-0.39, 0.29) is 23.7 Å². The number of methoxy groups -OCH3 is 1. The molecule has 1 aromatic heterocycles. The summed E-state index contributed by atoms with van der Waals surface area (Å²) < 4.78 is 38.8. The summed E-state index contributed by atoms with van der Waals surface area (Å²) in [5.74, 6) is -2.19. The Hall–Kier alpha value is -1.48. The van der Waals surface area contributed by atoms with Gasteiger partial charge in [-0.3, -0.25) is 4.79 Å². The molecule has 0 spiro atoms. The first kappa shape index (κ1) is 15.9. The van der Waals surface area contributed by atoms with Crippen molar-refractivity contribution in [3.63, 3.8) is 0 Å². The molecular weight excluding hydrogens is 321 g/mol. The van der Waals surface area contributed by atoms with Crippen molar-refractivity contribution in [2.24, 2.45) is 5.92 Å². The van der Waals surface area contributed by atoms with Crippen LogP contribution >= 0.6 is 11.3 Å². The van der Waals surface area contributed by atoms with Crippen LogP contribution in [-0.4, -0.2) is 39.7 Å². The van der Waals surface area contributed by atoms with Crippen molar-refractivity contribution in [3.8, 4) is 0 Å². The van der Waals surface area contributed by atoms with E-state index < -0.39 is 27.9 Å². The topological polar surface area (TPSA) is 80.8 Å². The lowest BCUT2D eigenvalue weighted by molar-refractivity contribution is -0.117. The Kier molecular flexibility index (Phi) is 4.33. The molecule has 1 fully saturated rings. The Morgan fingerprint density at radius 1 is 1.57 bits per heavy atom. The number of esters is 1. The molecule has 0 bridgehead atoms. The van der Waals surface area contributed by atoms with Gasteiger partial charge in [-0.1, -0.05) is 0 Å². The zero-order chi connectivity index (χ0) is 15.8. The Bertz CT molecular complexity index is 682. The molecule has 0 radical (unpaired) electrons. The van der Waals surface area contributed by atoms with Crippen LogP contribution in [0.3, 0.4) is 0 Å². The van der Waals surface area contributed by atoms with Gasteiger partial charge in [0.1, 0.15) is 4.88 Å². The monoisotopic (exact) mass is 335 g/mol. The van der Waals surface area contributed by atoms with E-state index in [9.17, 15) is 21.9 Å². The number of ether oxygens (including phenoxy) is 1. The van der Waals surface area contributed by atoms with Crippen molar-refractivity contribution >= 4 is 39.1 Å². The maximum absolute atomic E-state index is 12.7. The molecule has 1 aliphatic heterocycles. The van der Waals surface area contributed by atoms with Gasteiger partial charge < -0.3 is 9.64 Å². The van der Waals surface area contributed by atoms with E-state index in [2.05, 4.69) is 4.74 Å². The first-order valence-electron chi connectivity index (χ1n) is 6.12. The highest BCUT2D eigenvalue weighted by Gasteiger charge is 2.36. The summed E-state index contributed by atoms with van der Waals surface area (Å²) in [6, 6.07) is 1.67. The predicted molar refractivity (Wildman–Crippen MR) is 75.8 cm³/mol. The number of halogens is 1. The first-order valence-corrected chi connectivity index (χ1v) is 8.49. The SMILES string of the molecule is COC(=O)c1sc(C)cc1N1CC(CS(=O)(=O)F)CC1=O. The minimum Gasteiger partial charge on any atom is -0.465 e. The Labute approximate surface area is 125 Å². The number of carbonyl (C=O) groups excluding carboxylic acids is 2. The van der Waals surface area contributed by atoms with Crippen LogP contribution in [0.5, 0.6) is 0 Å². The maximum atomic E-state index is 12.7. The van der Waals surface area contributed by atoms with Gasteiger partial charge in [0.15, 0.2) is 0 Å². The number of thiophene rings is 1. The summed E-state index contributed by atoms with van der Waals surface area (Å²) in [7, 11) is -3.39. The van der Waals surface area contributed by atoms with Crippen LogP contribution in [0, 0.1) is 12.8 Å². The van der Waals surface area contributed by atoms with Crippen molar-refractivity contribution < 1.29 is 26.6 Å². The molecule has 1 unspecified atom stereocenters. The van der Waals surface area contributed by atoms with Crippen LogP contribution in [0.25, 0.3) is 0 Å². The van der Waals surface area contributed by atoms with Crippen LogP contribution in [0.4, 0.5) is 9.57 Å². The Morgan fingerprint density at radius 3 is 2.81 bits per heavy atom.